The summed E-state index contributed by atoms with van der Waals surface area (Å²) in [5, 5.41) is 4.68. The van der Waals surface area contributed by atoms with E-state index in [9.17, 15) is 0 Å². The fraction of sp³-hybridized carbons (Fsp3) is 0.438. The first kappa shape index (κ1) is 13.0. The van der Waals surface area contributed by atoms with Crippen LogP contribution in [0, 0.1) is 0 Å². The fourth-order valence-corrected chi connectivity index (χ4v) is 2.15. The highest BCUT2D eigenvalue weighted by molar-refractivity contribution is 5.78. The Labute approximate surface area is 109 Å². The van der Waals surface area contributed by atoms with E-state index in [0.29, 0.717) is 12.0 Å². The van der Waals surface area contributed by atoms with Gasteiger partial charge in [0.25, 0.3) is 0 Å². The zero-order chi connectivity index (χ0) is 13.0. The maximum atomic E-state index is 4.42. The van der Waals surface area contributed by atoms with E-state index < -0.39 is 0 Å². The summed E-state index contributed by atoms with van der Waals surface area (Å²) in [6, 6.07) is 11.3. The molecule has 0 spiro atoms. The zero-order valence-electron chi connectivity index (χ0n) is 11.5. The lowest BCUT2D eigenvalue weighted by molar-refractivity contribution is 0.541. The smallest absolute Gasteiger partial charge is 0.0704 e. The summed E-state index contributed by atoms with van der Waals surface area (Å²) in [6.07, 6.45) is 3.02. The van der Waals surface area contributed by atoms with Crippen LogP contribution in [-0.4, -0.2) is 17.6 Å². The lowest BCUT2D eigenvalue weighted by atomic mass is 9.96. The summed E-state index contributed by atoms with van der Waals surface area (Å²) in [5.41, 5.74) is 2.48. The van der Waals surface area contributed by atoms with Crippen molar-refractivity contribution in [3.8, 4) is 0 Å². The summed E-state index contributed by atoms with van der Waals surface area (Å²) in [5.74, 6) is 0.572. The molecule has 0 aliphatic carbocycles. The van der Waals surface area contributed by atoms with Gasteiger partial charge in [-0.1, -0.05) is 39.0 Å². The van der Waals surface area contributed by atoms with E-state index in [2.05, 4.69) is 55.3 Å². The SMILES string of the molecule is CC(C)NCCC(C)c1ccc2cccnc2c1. The van der Waals surface area contributed by atoms with E-state index in [1.54, 1.807) is 0 Å². The second kappa shape index (κ2) is 5.96. The summed E-state index contributed by atoms with van der Waals surface area (Å²) < 4.78 is 0. The molecule has 2 aromatic rings. The van der Waals surface area contributed by atoms with Crippen LogP contribution in [0.5, 0.6) is 0 Å². The number of hydrogen-bond acceptors (Lipinski definition) is 2. The number of nitrogens with one attached hydrogen (secondary N) is 1. The lowest BCUT2D eigenvalue weighted by Gasteiger charge is -2.14. The number of pyridine rings is 1. The monoisotopic (exact) mass is 242 g/mol. The van der Waals surface area contributed by atoms with Gasteiger partial charge in [-0.25, -0.2) is 0 Å². The van der Waals surface area contributed by atoms with E-state index in [4.69, 9.17) is 0 Å². The molecule has 18 heavy (non-hydrogen) atoms. The van der Waals surface area contributed by atoms with E-state index >= 15 is 0 Å². The quantitative estimate of drug-likeness (QED) is 0.864. The van der Waals surface area contributed by atoms with Crippen LogP contribution in [0.1, 0.15) is 38.7 Å². The molecule has 0 saturated carbocycles. The van der Waals surface area contributed by atoms with Crippen LogP contribution in [-0.2, 0) is 0 Å². The fourth-order valence-electron chi connectivity index (χ4n) is 2.15. The van der Waals surface area contributed by atoms with E-state index in [1.807, 2.05) is 12.3 Å². The first-order valence-corrected chi connectivity index (χ1v) is 6.75. The Kier molecular flexibility index (Phi) is 4.32. The minimum atomic E-state index is 0.565. The average molecular weight is 242 g/mol. The molecular formula is C16H22N2. The van der Waals surface area contributed by atoms with Crippen molar-refractivity contribution in [2.45, 2.75) is 39.2 Å². The number of aromatic nitrogens is 1. The van der Waals surface area contributed by atoms with Crippen LogP contribution in [0.15, 0.2) is 36.5 Å². The highest BCUT2D eigenvalue weighted by Crippen LogP contribution is 2.22. The van der Waals surface area contributed by atoms with Crippen LogP contribution in [0.4, 0.5) is 0 Å². The molecule has 1 heterocycles. The molecule has 2 heteroatoms. The molecule has 2 nitrogen and oxygen atoms in total. The maximum absolute atomic E-state index is 4.42. The van der Waals surface area contributed by atoms with Crippen molar-refractivity contribution >= 4 is 10.9 Å². The summed E-state index contributed by atoms with van der Waals surface area (Å²) in [4.78, 5) is 4.42. The predicted molar refractivity (Wildman–Crippen MR) is 77.9 cm³/mol. The molecule has 1 aromatic carbocycles. The van der Waals surface area contributed by atoms with Gasteiger partial charge in [0.05, 0.1) is 5.52 Å². The van der Waals surface area contributed by atoms with E-state index in [1.165, 1.54) is 10.9 Å². The van der Waals surface area contributed by atoms with Crippen molar-refractivity contribution in [1.82, 2.24) is 10.3 Å². The van der Waals surface area contributed by atoms with Gasteiger partial charge in [-0.3, -0.25) is 4.98 Å². The predicted octanol–water partition coefficient (Wildman–Crippen LogP) is 3.73. The first-order chi connectivity index (χ1) is 8.66. The Morgan fingerprint density at radius 3 is 2.78 bits per heavy atom. The molecule has 1 N–H and O–H groups in total. The van der Waals surface area contributed by atoms with Gasteiger partial charge in [-0.2, -0.15) is 0 Å². The molecule has 1 atom stereocenters. The van der Waals surface area contributed by atoms with Gasteiger partial charge in [0.2, 0.25) is 0 Å². The van der Waals surface area contributed by atoms with Crippen LogP contribution >= 0.6 is 0 Å². The number of benzene rings is 1. The molecule has 0 amide bonds. The Hall–Kier alpha value is -1.41. The minimum Gasteiger partial charge on any atom is -0.315 e. The molecule has 0 aliphatic rings. The first-order valence-electron chi connectivity index (χ1n) is 6.75. The van der Waals surface area contributed by atoms with Gasteiger partial charge in [-0.15, -0.1) is 0 Å². The molecular weight excluding hydrogens is 220 g/mol. The Morgan fingerprint density at radius 2 is 2.00 bits per heavy atom. The van der Waals surface area contributed by atoms with Crippen molar-refractivity contribution in [2.75, 3.05) is 6.54 Å². The van der Waals surface area contributed by atoms with Crippen molar-refractivity contribution in [3.63, 3.8) is 0 Å². The van der Waals surface area contributed by atoms with Crippen LogP contribution < -0.4 is 5.32 Å². The highest BCUT2D eigenvalue weighted by atomic mass is 14.9. The van der Waals surface area contributed by atoms with E-state index in [-0.39, 0.29) is 0 Å². The second-order valence-electron chi connectivity index (χ2n) is 5.25. The minimum absolute atomic E-state index is 0.565. The van der Waals surface area contributed by atoms with Crippen molar-refractivity contribution in [2.24, 2.45) is 0 Å². The Bertz CT molecular complexity index is 505. The van der Waals surface area contributed by atoms with Crippen LogP contribution in [0.3, 0.4) is 0 Å². The summed E-state index contributed by atoms with van der Waals surface area (Å²) >= 11 is 0. The van der Waals surface area contributed by atoms with Gasteiger partial charge in [0.1, 0.15) is 0 Å². The third-order valence-corrected chi connectivity index (χ3v) is 3.33. The summed E-state index contributed by atoms with van der Waals surface area (Å²) in [6.45, 7) is 7.72. The molecule has 0 saturated heterocycles. The molecule has 0 aliphatic heterocycles. The lowest BCUT2D eigenvalue weighted by Crippen LogP contribution is -2.24. The third kappa shape index (κ3) is 3.30. The largest absolute Gasteiger partial charge is 0.315 e. The highest BCUT2D eigenvalue weighted by Gasteiger charge is 2.06. The van der Waals surface area contributed by atoms with Crippen LogP contribution in [0.25, 0.3) is 10.9 Å². The molecule has 1 unspecified atom stereocenters. The third-order valence-electron chi connectivity index (χ3n) is 3.33. The van der Waals surface area contributed by atoms with Gasteiger partial charge in [0, 0.05) is 17.6 Å². The topological polar surface area (TPSA) is 24.9 Å². The van der Waals surface area contributed by atoms with E-state index in [0.717, 1.165) is 18.5 Å². The van der Waals surface area contributed by atoms with Gasteiger partial charge >= 0.3 is 0 Å². The average Bonchev–Trinajstić information content (AvgIpc) is 2.37. The van der Waals surface area contributed by atoms with Gasteiger partial charge in [-0.05, 0) is 36.6 Å². The van der Waals surface area contributed by atoms with Gasteiger partial charge < -0.3 is 5.32 Å². The standard InChI is InChI=1S/C16H22N2/c1-12(2)17-10-8-13(3)15-7-6-14-5-4-9-18-16(14)11-15/h4-7,9,11-13,17H,8,10H2,1-3H3. The molecule has 2 rings (SSSR count). The van der Waals surface area contributed by atoms with Crippen molar-refractivity contribution in [3.05, 3.63) is 42.1 Å². The summed E-state index contributed by atoms with van der Waals surface area (Å²) in [7, 11) is 0. The molecule has 0 fully saturated rings. The van der Waals surface area contributed by atoms with Crippen molar-refractivity contribution in [1.29, 1.82) is 0 Å². The van der Waals surface area contributed by atoms with Gasteiger partial charge in [0.15, 0.2) is 0 Å². The van der Waals surface area contributed by atoms with Crippen LogP contribution in [0.2, 0.25) is 0 Å². The Balaban J connectivity index is 2.06. The molecule has 1 aromatic heterocycles. The van der Waals surface area contributed by atoms with Crippen molar-refractivity contribution < 1.29 is 0 Å². The normalized spacial score (nSPS) is 13.1. The molecule has 96 valence electrons. The molecule has 0 bridgehead atoms. The zero-order valence-corrected chi connectivity index (χ0v) is 11.5. The maximum Gasteiger partial charge on any atom is 0.0704 e. The Morgan fingerprint density at radius 1 is 1.17 bits per heavy atom. The number of hydrogen-bond donors (Lipinski definition) is 1. The molecule has 0 radical (unpaired) electrons. The number of fused-ring (bicyclic) bond motifs is 1. The number of nitrogens with zero attached hydrogens (tertiary/aromatic N) is 1. The second-order valence-corrected chi connectivity index (χ2v) is 5.25. The number of rotatable bonds is 5.